The van der Waals surface area contributed by atoms with Crippen molar-refractivity contribution in [1.82, 2.24) is 0 Å². The number of carbonyl (C=O) groups is 1. The molecular weight excluding hydrogens is 162 g/mol. The summed E-state index contributed by atoms with van der Waals surface area (Å²) in [4.78, 5) is 11.8. The Bertz CT molecular complexity index is 169. The van der Waals surface area contributed by atoms with E-state index in [0.717, 1.165) is 12.8 Å². The van der Waals surface area contributed by atoms with Crippen molar-refractivity contribution >= 4 is 5.78 Å². The third kappa shape index (κ3) is 3.90. The van der Waals surface area contributed by atoms with Gasteiger partial charge in [0.1, 0.15) is 0 Å². The number of ketones is 1. The summed E-state index contributed by atoms with van der Waals surface area (Å²) >= 11 is 0. The van der Waals surface area contributed by atoms with Crippen LogP contribution in [0.15, 0.2) is 0 Å². The second-order valence-electron chi connectivity index (χ2n) is 4.94. The standard InChI is InChI=1S/C11H23NO/c1-6-7-8(2)9(13)10(12)11(3,4)5/h8,10H,6-7,12H2,1-5H3. The Hall–Kier alpha value is -0.370. The quantitative estimate of drug-likeness (QED) is 0.730. The monoisotopic (exact) mass is 185 g/mol. The summed E-state index contributed by atoms with van der Waals surface area (Å²) in [7, 11) is 0. The normalized spacial score (nSPS) is 16.8. The lowest BCUT2D eigenvalue weighted by atomic mass is 9.80. The second kappa shape index (κ2) is 4.75. The molecule has 0 fully saturated rings. The van der Waals surface area contributed by atoms with Crippen molar-refractivity contribution in [3.05, 3.63) is 0 Å². The maximum atomic E-state index is 11.8. The van der Waals surface area contributed by atoms with Crippen molar-refractivity contribution in [3.63, 3.8) is 0 Å². The third-order valence-corrected chi connectivity index (χ3v) is 2.45. The summed E-state index contributed by atoms with van der Waals surface area (Å²) in [5.41, 5.74) is 5.76. The van der Waals surface area contributed by atoms with Gasteiger partial charge in [0.15, 0.2) is 5.78 Å². The first kappa shape index (κ1) is 12.6. The van der Waals surface area contributed by atoms with E-state index in [1.54, 1.807) is 0 Å². The molecule has 0 spiro atoms. The topological polar surface area (TPSA) is 43.1 Å². The number of hydrogen-bond acceptors (Lipinski definition) is 2. The maximum Gasteiger partial charge on any atom is 0.152 e. The van der Waals surface area contributed by atoms with Gasteiger partial charge in [-0.05, 0) is 11.8 Å². The minimum Gasteiger partial charge on any atom is -0.321 e. The van der Waals surface area contributed by atoms with Crippen molar-refractivity contribution in [3.8, 4) is 0 Å². The average molecular weight is 185 g/mol. The Balaban J connectivity index is 4.26. The van der Waals surface area contributed by atoms with Gasteiger partial charge in [0.05, 0.1) is 6.04 Å². The molecule has 0 aromatic carbocycles. The molecule has 2 atom stereocenters. The maximum absolute atomic E-state index is 11.8. The van der Waals surface area contributed by atoms with Gasteiger partial charge in [0, 0.05) is 5.92 Å². The van der Waals surface area contributed by atoms with E-state index in [9.17, 15) is 4.79 Å². The highest BCUT2D eigenvalue weighted by molar-refractivity contribution is 5.86. The van der Waals surface area contributed by atoms with E-state index in [2.05, 4.69) is 6.92 Å². The number of carbonyl (C=O) groups excluding carboxylic acids is 1. The number of hydrogen-bond donors (Lipinski definition) is 1. The van der Waals surface area contributed by atoms with Crippen LogP contribution in [-0.4, -0.2) is 11.8 Å². The minimum absolute atomic E-state index is 0.110. The fourth-order valence-electron chi connectivity index (χ4n) is 1.31. The van der Waals surface area contributed by atoms with Gasteiger partial charge in [0.25, 0.3) is 0 Å². The predicted octanol–water partition coefficient (Wildman–Crippen LogP) is 2.37. The Kier molecular flexibility index (Phi) is 4.62. The van der Waals surface area contributed by atoms with Crippen molar-refractivity contribution in [2.24, 2.45) is 17.1 Å². The molecule has 0 bridgehead atoms. The van der Waals surface area contributed by atoms with Crippen molar-refractivity contribution in [1.29, 1.82) is 0 Å². The molecule has 2 N–H and O–H groups in total. The van der Waals surface area contributed by atoms with Crippen LogP contribution in [0.5, 0.6) is 0 Å². The lowest BCUT2D eigenvalue weighted by Crippen LogP contribution is -2.44. The first-order chi connectivity index (χ1) is 5.80. The largest absolute Gasteiger partial charge is 0.321 e. The summed E-state index contributed by atoms with van der Waals surface area (Å²) in [6.07, 6.45) is 1.99. The summed E-state index contributed by atoms with van der Waals surface area (Å²) in [6.45, 7) is 10.1. The van der Waals surface area contributed by atoms with Gasteiger partial charge >= 0.3 is 0 Å². The molecule has 78 valence electrons. The molecule has 2 nitrogen and oxygen atoms in total. The summed E-state index contributed by atoms with van der Waals surface area (Å²) in [6, 6.07) is -0.325. The van der Waals surface area contributed by atoms with Gasteiger partial charge in [-0.3, -0.25) is 4.79 Å². The molecule has 0 aliphatic heterocycles. The molecule has 0 heterocycles. The first-order valence-electron chi connectivity index (χ1n) is 5.10. The molecule has 0 saturated heterocycles. The van der Waals surface area contributed by atoms with Crippen LogP contribution in [0.3, 0.4) is 0 Å². The van der Waals surface area contributed by atoms with Gasteiger partial charge in [-0.15, -0.1) is 0 Å². The van der Waals surface area contributed by atoms with E-state index >= 15 is 0 Å². The molecule has 0 rings (SSSR count). The second-order valence-corrected chi connectivity index (χ2v) is 4.94. The van der Waals surface area contributed by atoms with Crippen LogP contribution in [0.25, 0.3) is 0 Å². The van der Waals surface area contributed by atoms with E-state index in [1.807, 2.05) is 27.7 Å². The fraction of sp³-hybridized carbons (Fsp3) is 0.909. The fourth-order valence-corrected chi connectivity index (χ4v) is 1.31. The van der Waals surface area contributed by atoms with Crippen molar-refractivity contribution in [2.45, 2.75) is 53.5 Å². The Morgan fingerprint density at radius 1 is 1.38 bits per heavy atom. The number of rotatable bonds is 4. The van der Waals surface area contributed by atoms with Crippen LogP contribution in [0.1, 0.15) is 47.5 Å². The van der Waals surface area contributed by atoms with Crippen molar-refractivity contribution < 1.29 is 4.79 Å². The zero-order valence-corrected chi connectivity index (χ0v) is 9.55. The minimum atomic E-state index is -0.325. The Morgan fingerprint density at radius 2 is 1.85 bits per heavy atom. The van der Waals surface area contributed by atoms with Crippen LogP contribution in [0, 0.1) is 11.3 Å². The highest BCUT2D eigenvalue weighted by Crippen LogP contribution is 2.21. The number of nitrogens with two attached hydrogens (primary N) is 1. The molecule has 2 unspecified atom stereocenters. The van der Waals surface area contributed by atoms with Gasteiger partial charge in [-0.25, -0.2) is 0 Å². The van der Waals surface area contributed by atoms with E-state index in [1.165, 1.54) is 0 Å². The van der Waals surface area contributed by atoms with Crippen LogP contribution in [0.4, 0.5) is 0 Å². The molecular formula is C11H23NO. The molecule has 0 aliphatic carbocycles. The highest BCUT2D eigenvalue weighted by atomic mass is 16.1. The molecule has 0 aromatic rings. The lowest BCUT2D eigenvalue weighted by molar-refractivity contribution is -0.126. The Morgan fingerprint density at radius 3 is 2.15 bits per heavy atom. The predicted molar refractivity (Wildman–Crippen MR) is 56.5 cm³/mol. The smallest absolute Gasteiger partial charge is 0.152 e. The molecule has 0 radical (unpaired) electrons. The van der Waals surface area contributed by atoms with E-state index in [4.69, 9.17) is 5.73 Å². The van der Waals surface area contributed by atoms with Crippen molar-refractivity contribution in [2.75, 3.05) is 0 Å². The molecule has 0 aliphatic rings. The van der Waals surface area contributed by atoms with Crippen LogP contribution >= 0.6 is 0 Å². The van der Waals surface area contributed by atoms with Crippen LogP contribution in [0.2, 0.25) is 0 Å². The summed E-state index contributed by atoms with van der Waals surface area (Å²) in [5, 5.41) is 0. The van der Waals surface area contributed by atoms with Gasteiger partial charge in [-0.2, -0.15) is 0 Å². The molecule has 2 heteroatoms. The molecule has 0 aromatic heterocycles. The van der Waals surface area contributed by atoms with E-state index in [-0.39, 0.29) is 23.2 Å². The molecule has 0 saturated carbocycles. The van der Waals surface area contributed by atoms with Crippen LogP contribution < -0.4 is 5.73 Å². The van der Waals surface area contributed by atoms with Gasteiger partial charge < -0.3 is 5.73 Å². The summed E-state index contributed by atoms with van der Waals surface area (Å²) < 4.78 is 0. The third-order valence-electron chi connectivity index (χ3n) is 2.45. The van der Waals surface area contributed by atoms with Crippen LogP contribution in [-0.2, 0) is 4.79 Å². The summed E-state index contributed by atoms with van der Waals surface area (Å²) in [5.74, 6) is 0.313. The average Bonchev–Trinajstić information content (AvgIpc) is 2.00. The molecule has 0 amide bonds. The first-order valence-corrected chi connectivity index (χ1v) is 5.10. The van der Waals surface area contributed by atoms with Gasteiger partial charge in [0.2, 0.25) is 0 Å². The zero-order valence-electron chi connectivity index (χ0n) is 9.55. The SMILES string of the molecule is CCCC(C)C(=O)C(N)C(C)(C)C. The van der Waals surface area contributed by atoms with E-state index < -0.39 is 0 Å². The van der Waals surface area contributed by atoms with E-state index in [0.29, 0.717) is 0 Å². The zero-order chi connectivity index (χ0) is 10.6. The number of Topliss-reactive ketones (excluding diaryl/α,β-unsaturated/α-hetero) is 1. The highest BCUT2D eigenvalue weighted by Gasteiger charge is 2.29. The lowest BCUT2D eigenvalue weighted by Gasteiger charge is -2.27. The van der Waals surface area contributed by atoms with Gasteiger partial charge in [-0.1, -0.05) is 41.0 Å². The molecule has 13 heavy (non-hydrogen) atoms. The Labute approximate surface area is 81.9 Å².